The van der Waals surface area contributed by atoms with Crippen molar-refractivity contribution in [3.63, 3.8) is 0 Å². The Kier molecular flexibility index (Phi) is 7.42. The van der Waals surface area contributed by atoms with Crippen LogP contribution >= 0.6 is 0 Å². The summed E-state index contributed by atoms with van der Waals surface area (Å²) in [5.74, 6) is 0.695. The van der Waals surface area contributed by atoms with E-state index in [1.54, 1.807) is 0 Å². The maximum Gasteiger partial charge on any atom is 0.160 e. The van der Waals surface area contributed by atoms with E-state index in [-0.39, 0.29) is 0 Å². The van der Waals surface area contributed by atoms with Crippen LogP contribution < -0.4 is 0 Å². The summed E-state index contributed by atoms with van der Waals surface area (Å²) in [6.07, 6.45) is 1.88. The Bertz CT molecular complexity index is 3180. The molecule has 11 aromatic rings. The van der Waals surface area contributed by atoms with E-state index < -0.39 is 0 Å². The zero-order valence-corrected chi connectivity index (χ0v) is 30.3. The number of hydrogen-bond acceptors (Lipinski definition) is 3. The van der Waals surface area contributed by atoms with Crippen LogP contribution in [-0.2, 0) is 0 Å². The third-order valence-corrected chi connectivity index (χ3v) is 10.8. The van der Waals surface area contributed by atoms with Gasteiger partial charge >= 0.3 is 0 Å². The van der Waals surface area contributed by atoms with Gasteiger partial charge in [-0.3, -0.25) is 4.57 Å². The van der Waals surface area contributed by atoms with Crippen molar-refractivity contribution in [3.05, 3.63) is 200 Å². The highest BCUT2D eigenvalue weighted by molar-refractivity contribution is 6.12. The van der Waals surface area contributed by atoms with Gasteiger partial charge in [-0.2, -0.15) is 0 Å². The van der Waals surface area contributed by atoms with Crippen LogP contribution in [0.4, 0.5) is 0 Å². The predicted octanol–water partition coefficient (Wildman–Crippen LogP) is 12.7. The molecule has 5 nitrogen and oxygen atoms in total. The molecule has 0 aliphatic heterocycles. The van der Waals surface area contributed by atoms with Gasteiger partial charge in [-0.05, 0) is 77.9 Å². The highest BCUT2D eigenvalue weighted by Gasteiger charge is 2.18. The second-order valence-electron chi connectivity index (χ2n) is 14.1. The Morgan fingerprint density at radius 2 is 0.929 bits per heavy atom. The molecule has 0 radical (unpaired) electrons. The van der Waals surface area contributed by atoms with Crippen molar-refractivity contribution in [3.8, 4) is 56.4 Å². The van der Waals surface area contributed by atoms with Crippen LogP contribution in [0.3, 0.4) is 0 Å². The van der Waals surface area contributed by atoms with E-state index in [9.17, 15) is 0 Å². The molecule has 0 spiro atoms. The lowest BCUT2D eigenvalue weighted by Gasteiger charge is -2.12. The minimum atomic E-state index is 0.695. The molecule has 4 heterocycles. The number of hydrogen-bond donors (Lipinski definition) is 0. The average molecular weight is 716 g/mol. The number of nitrogens with zero attached hydrogens (tertiary/aromatic N) is 5. The van der Waals surface area contributed by atoms with Crippen molar-refractivity contribution < 1.29 is 0 Å². The van der Waals surface area contributed by atoms with E-state index in [0.29, 0.717) is 5.82 Å². The van der Waals surface area contributed by atoms with Gasteiger partial charge in [0.15, 0.2) is 5.82 Å². The molecule has 4 aromatic heterocycles. The Morgan fingerprint density at radius 3 is 1.75 bits per heavy atom. The number of rotatable bonds is 6. The highest BCUT2D eigenvalue weighted by atomic mass is 15.0. The van der Waals surface area contributed by atoms with Crippen LogP contribution in [0.5, 0.6) is 0 Å². The van der Waals surface area contributed by atoms with Crippen LogP contribution in [-0.4, -0.2) is 24.1 Å². The van der Waals surface area contributed by atoms with Crippen molar-refractivity contribution in [2.45, 2.75) is 0 Å². The zero-order valence-electron chi connectivity index (χ0n) is 30.3. The molecule has 0 fully saturated rings. The summed E-state index contributed by atoms with van der Waals surface area (Å²) in [5, 5.41) is 4.75. The van der Waals surface area contributed by atoms with Gasteiger partial charge < -0.3 is 4.57 Å². The van der Waals surface area contributed by atoms with Crippen molar-refractivity contribution in [1.82, 2.24) is 24.1 Å². The molecule has 0 N–H and O–H groups in total. The number of para-hydroxylation sites is 2. The van der Waals surface area contributed by atoms with Crippen LogP contribution in [0.25, 0.3) is 100 Å². The Labute approximate surface area is 323 Å². The first-order chi connectivity index (χ1) is 27.8. The summed E-state index contributed by atoms with van der Waals surface area (Å²) < 4.78 is 4.64. The fourth-order valence-electron chi connectivity index (χ4n) is 8.17. The fourth-order valence-corrected chi connectivity index (χ4v) is 8.17. The van der Waals surface area contributed by atoms with Crippen molar-refractivity contribution in [1.29, 1.82) is 0 Å². The topological polar surface area (TPSA) is 48.5 Å². The van der Waals surface area contributed by atoms with Crippen LogP contribution in [0.2, 0.25) is 0 Å². The Balaban J connectivity index is 1.06. The van der Waals surface area contributed by atoms with Crippen molar-refractivity contribution in [2.24, 2.45) is 0 Å². The first-order valence-electron chi connectivity index (χ1n) is 18.9. The van der Waals surface area contributed by atoms with E-state index in [0.717, 1.165) is 67.0 Å². The van der Waals surface area contributed by atoms with E-state index in [4.69, 9.17) is 15.0 Å². The average Bonchev–Trinajstić information content (AvgIpc) is 3.79. The van der Waals surface area contributed by atoms with E-state index in [1.165, 1.54) is 27.4 Å². The summed E-state index contributed by atoms with van der Waals surface area (Å²) in [6.45, 7) is 0. The van der Waals surface area contributed by atoms with Gasteiger partial charge in [-0.15, -0.1) is 0 Å². The monoisotopic (exact) mass is 715 g/mol. The van der Waals surface area contributed by atoms with Crippen molar-refractivity contribution in [2.75, 3.05) is 0 Å². The third kappa shape index (κ3) is 5.29. The Morgan fingerprint density at radius 1 is 0.321 bits per heavy atom. The lowest BCUT2D eigenvalue weighted by Crippen LogP contribution is -1.98. The number of benzene rings is 7. The normalized spacial score (nSPS) is 11.6. The molecule has 0 saturated carbocycles. The maximum atomic E-state index is 5.11. The molecule has 262 valence electrons. The lowest BCUT2D eigenvalue weighted by atomic mass is 10.0. The van der Waals surface area contributed by atoms with Gasteiger partial charge in [0.1, 0.15) is 5.65 Å². The molecule has 7 aromatic carbocycles. The second-order valence-corrected chi connectivity index (χ2v) is 14.1. The van der Waals surface area contributed by atoms with Gasteiger partial charge in [-0.25, -0.2) is 15.0 Å². The predicted molar refractivity (Wildman–Crippen MR) is 230 cm³/mol. The fraction of sp³-hybridized carbons (Fsp3) is 0. The summed E-state index contributed by atoms with van der Waals surface area (Å²) in [4.78, 5) is 15.1. The molecule has 0 aliphatic carbocycles. The quantitative estimate of drug-likeness (QED) is 0.172. The van der Waals surface area contributed by atoms with Crippen LogP contribution in [0.15, 0.2) is 200 Å². The molecule has 11 rings (SSSR count). The van der Waals surface area contributed by atoms with Gasteiger partial charge in [0.2, 0.25) is 0 Å². The van der Waals surface area contributed by atoms with Crippen LogP contribution in [0, 0.1) is 0 Å². The summed E-state index contributed by atoms with van der Waals surface area (Å²) in [6, 6.07) is 68.3. The van der Waals surface area contributed by atoms with E-state index in [2.05, 4.69) is 161 Å². The molecular weight excluding hydrogens is 683 g/mol. The van der Waals surface area contributed by atoms with Crippen LogP contribution in [0.1, 0.15) is 0 Å². The van der Waals surface area contributed by atoms with E-state index in [1.807, 2.05) is 48.7 Å². The molecule has 0 amide bonds. The SMILES string of the molecule is c1ccc(-c2cc(-c3cccc(-n4c5ccc(-c6ccc7c8ccccc8n(-c8ccccc8)c7c6)cc5c5cccnc54)c3)nc(-c3ccccc3)n2)cc1. The smallest absolute Gasteiger partial charge is 0.160 e. The Hall–Kier alpha value is -7.63. The lowest BCUT2D eigenvalue weighted by molar-refractivity contribution is 1.13. The first kappa shape index (κ1) is 31.9. The number of pyridine rings is 1. The maximum absolute atomic E-state index is 5.11. The molecule has 0 saturated heterocycles. The van der Waals surface area contributed by atoms with Gasteiger partial charge in [0, 0.05) is 55.8 Å². The molecule has 56 heavy (non-hydrogen) atoms. The summed E-state index contributed by atoms with van der Waals surface area (Å²) >= 11 is 0. The number of fused-ring (bicyclic) bond motifs is 6. The first-order valence-corrected chi connectivity index (χ1v) is 18.9. The second kappa shape index (κ2) is 13.0. The molecule has 5 heteroatoms. The molecule has 0 bridgehead atoms. The summed E-state index contributed by atoms with van der Waals surface area (Å²) in [7, 11) is 0. The van der Waals surface area contributed by atoms with E-state index >= 15 is 0 Å². The molecular formula is C51H33N5. The van der Waals surface area contributed by atoms with Gasteiger partial charge in [0.25, 0.3) is 0 Å². The minimum absolute atomic E-state index is 0.695. The van der Waals surface area contributed by atoms with Crippen molar-refractivity contribution >= 4 is 43.7 Å². The largest absolute Gasteiger partial charge is 0.309 e. The minimum Gasteiger partial charge on any atom is -0.309 e. The van der Waals surface area contributed by atoms with Gasteiger partial charge in [-0.1, -0.05) is 127 Å². The molecule has 0 aliphatic rings. The summed E-state index contributed by atoms with van der Waals surface area (Å²) in [5.41, 5.74) is 13.7. The number of aromatic nitrogens is 5. The highest BCUT2D eigenvalue weighted by Crippen LogP contribution is 2.38. The standard InChI is InChI=1S/C51H33N5/c1-4-14-34(15-5-1)45-33-46(54-50(53-45)35-16-6-2-7-17-35)38-18-12-21-40(30-38)56-48-28-26-36(31-44(48)43-23-13-29-52-51(43)56)37-25-27-42-41-22-10-11-24-47(41)55(49(42)32-37)39-19-8-3-9-20-39/h1-33H. The third-order valence-electron chi connectivity index (χ3n) is 10.8. The zero-order chi connectivity index (χ0) is 37.0. The molecule has 0 atom stereocenters. The van der Waals surface area contributed by atoms with Gasteiger partial charge in [0.05, 0.1) is 27.9 Å². The molecule has 0 unspecified atom stereocenters.